The molecular weight excluding hydrogens is 506 g/mol. The van der Waals surface area contributed by atoms with Crippen molar-refractivity contribution in [2.75, 3.05) is 101 Å². The zero-order valence-electron chi connectivity index (χ0n) is 23.8. The maximum absolute atomic E-state index is 12.5. The molecule has 0 aliphatic heterocycles. The number of nitrogens with zero attached hydrogens (tertiary/aromatic N) is 1. The van der Waals surface area contributed by atoms with E-state index in [1.807, 2.05) is 13.8 Å². The third-order valence-electron chi connectivity index (χ3n) is 5.68. The van der Waals surface area contributed by atoms with E-state index in [0.717, 1.165) is 0 Å². The largest absolute Gasteiger partial charge is 0.500 e. The van der Waals surface area contributed by atoms with Gasteiger partial charge in [-0.25, -0.2) is 0 Å². The van der Waals surface area contributed by atoms with Gasteiger partial charge in [0.25, 0.3) is 0 Å². The molecule has 0 bridgehead atoms. The first kappa shape index (κ1) is 35.8. The van der Waals surface area contributed by atoms with Crippen LogP contribution in [0.4, 0.5) is 0 Å². The van der Waals surface area contributed by atoms with Crippen molar-refractivity contribution in [2.45, 2.75) is 38.8 Å². The molecule has 0 aliphatic carbocycles. The summed E-state index contributed by atoms with van der Waals surface area (Å²) in [6.45, 7) is 7.59. The van der Waals surface area contributed by atoms with Crippen molar-refractivity contribution in [2.24, 2.45) is 5.92 Å². The Balaban J connectivity index is 4.86. The minimum Gasteiger partial charge on any atom is -0.463 e. The first-order valence-electron chi connectivity index (χ1n) is 12.6. The van der Waals surface area contributed by atoms with Crippen molar-refractivity contribution in [3.63, 3.8) is 0 Å². The van der Waals surface area contributed by atoms with Crippen molar-refractivity contribution < 1.29 is 51.3 Å². The molecule has 0 amide bonds. The zero-order valence-corrected chi connectivity index (χ0v) is 24.8. The van der Waals surface area contributed by atoms with Gasteiger partial charge in [0.05, 0.1) is 52.0 Å². The van der Waals surface area contributed by atoms with E-state index in [0.29, 0.717) is 65.2 Å². The molecule has 0 saturated heterocycles. The van der Waals surface area contributed by atoms with Crippen LogP contribution in [-0.4, -0.2) is 133 Å². The van der Waals surface area contributed by atoms with Gasteiger partial charge in [-0.2, -0.15) is 0 Å². The van der Waals surface area contributed by atoms with Crippen LogP contribution in [0.5, 0.6) is 0 Å². The monoisotopic (exact) mass is 555 g/mol. The van der Waals surface area contributed by atoms with E-state index in [-0.39, 0.29) is 37.6 Å². The number of carbonyl (C=O) groups excluding carboxylic acids is 2. The van der Waals surface area contributed by atoms with E-state index < -0.39 is 14.7 Å². The molecule has 0 N–H and O–H groups in total. The number of hydrogen-bond donors (Lipinski definition) is 0. The highest BCUT2D eigenvalue weighted by atomic mass is 28.4. The second-order valence-electron chi connectivity index (χ2n) is 8.45. The molecule has 0 spiro atoms. The lowest BCUT2D eigenvalue weighted by molar-refractivity contribution is -0.150. The van der Waals surface area contributed by atoms with Crippen LogP contribution in [0.25, 0.3) is 0 Å². The van der Waals surface area contributed by atoms with Crippen molar-refractivity contribution in [1.82, 2.24) is 4.90 Å². The van der Waals surface area contributed by atoms with Crippen LogP contribution in [-0.2, 0) is 51.3 Å². The molecule has 0 radical (unpaired) electrons. The summed E-state index contributed by atoms with van der Waals surface area (Å²) in [6.07, 6.45) is 0.873. The minimum atomic E-state index is -2.73. The molecule has 12 nitrogen and oxygen atoms in total. The van der Waals surface area contributed by atoms with Crippen LogP contribution in [0.2, 0.25) is 6.04 Å². The molecule has 0 aromatic rings. The molecule has 0 aliphatic rings. The first-order valence-corrected chi connectivity index (χ1v) is 14.6. The lowest BCUT2D eigenvalue weighted by Crippen LogP contribution is -2.45. The number of ether oxygens (including phenoxy) is 6. The standard InChI is InChI=1S/C24H49NO11Si/c1-21(24(27)36-17-15-34-13-11-29-4)20-25(9-8-18-37(30-5,31-6)32-7)22(2)19-23(26)35-16-14-33-12-10-28-3/h21-22H,8-20H2,1-7H3. The third-order valence-corrected chi connectivity index (χ3v) is 8.52. The average molecular weight is 556 g/mol. The van der Waals surface area contributed by atoms with Gasteiger partial charge in [0, 0.05) is 54.2 Å². The Labute approximate surface area is 223 Å². The van der Waals surface area contributed by atoms with Gasteiger partial charge in [-0.05, 0) is 19.9 Å². The maximum atomic E-state index is 12.5. The number of rotatable bonds is 25. The second kappa shape index (κ2) is 22.8. The van der Waals surface area contributed by atoms with Crippen LogP contribution < -0.4 is 0 Å². The van der Waals surface area contributed by atoms with E-state index in [4.69, 9.17) is 41.7 Å². The molecule has 2 atom stereocenters. The summed E-state index contributed by atoms with van der Waals surface area (Å²) >= 11 is 0. The SMILES string of the molecule is COCCOCCOC(=O)CC(C)N(CCC[Si](OC)(OC)OC)CC(C)C(=O)OCCOCCOC. The van der Waals surface area contributed by atoms with Gasteiger partial charge in [0.15, 0.2) is 0 Å². The van der Waals surface area contributed by atoms with Gasteiger partial charge in [-0.3, -0.25) is 14.5 Å². The van der Waals surface area contributed by atoms with Crippen LogP contribution in [0, 0.1) is 5.92 Å². The summed E-state index contributed by atoms with van der Waals surface area (Å²) in [4.78, 5) is 27.0. The highest BCUT2D eigenvalue weighted by Gasteiger charge is 2.37. The summed E-state index contributed by atoms with van der Waals surface area (Å²) < 4.78 is 47.7. The fraction of sp³-hybridized carbons (Fsp3) is 0.917. The zero-order chi connectivity index (χ0) is 27.9. The molecule has 0 aromatic heterocycles. The molecule has 0 fully saturated rings. The van der Waals surface area contributed by atoms with E-state index in [1.165, 1.54) is 0 Å². The van der Waals surface area contributed by atoms with E-state index in [9.17, 15) is 9.59 Å². The van der Waals surface area contributed by atoms with Crippen LogP contribution in [0.3, 0.4) is 0 Å². The topological polar surface area (TPSA) is 120 Å². The maximum Gasteiger partial charge on any atom is 0.500 e. The highest BCUT2D eigenvalue weighted by molar-refractivity contribution is 6.60. The Bertz CT molecular complexity index is 573. The van der Waals surface area contributed by atoms with Crippen molar-refractivity contribution in [3.8, 4) is 0 Å². The molecule has 0 rings (SSSR count). The summed E-state index contributed by atoms with van der Waals surface area (Å²) in [5, 5.41) is 0. The Kier molecular flexibility index (Phi) is 22.1. The van der Waals surface area contributed by atoms with Gasteiger partial charge in [0.1, 0.15) is 13.2 Å². The van der Waals surface area contributed by atoms with Crippen LogP contribution in [0.15, 0.2) is 0 Å². The number of carbonyl (C=O) groups is 2. The lowest BCUT2D eigenvalue weighted by atomic mass is 10.1. The van der Waals surface area contributed by atoms with Gasteiger partial charge < -0.3 is 41.7 Å². The fourth-order valence-electron chi connectivity index (χ4n) is 3.45. The van der Waals surface area contributed by atoms with E-state index in [2.05, 4.69) is 4.90 Å². The van der Waals surface area contributed by atoms with Gasteiger partial charge in [0.2, 0.25) is 0 Å². The second-order valence-corrected chi connectivity index (χ2v) is 11.5. The lowest BCUT2D eigenvalue weighted by Gasteiger charge is -2.31. The number of hydrogen-bond acceptors (Lipinski definition) is 12. The van der Waals surface area contributed by atoms with Crippen molar-refractivity contribution >= 4 is 20.7 Å². The summed E-state index contributed by atoms with van der Waals surface area (Å²) in [5.41, 5.74) is 0. The highest BCUT2D eigenvalue weighted by Crippen LogP contribution is 2.18. The van der Waals surface area contributed by atoms with Crippen LogP contribution in [0.1, 0.15) is 26.7 Å². The fourth-order valence-corrected chi connectivity index (χ4v) is 5.15. The molecular formula is C24H49NO11Si. The normalized spacial score (nSPS) is 13.5. The predicted molar refractivity (Wildman–Crippen MR) is 138 cm³/mol. The molecule has 13 heteroatoms. The molecule has 0 heterocycles. The predicted octanol–water partition coefficient (Wildman–Crippen LogP) is 1.38. The third kappa shape index (κ3) is 17.1. The Morgan fingerprint density at radius 1 is 0.730 bits per heavy atom. The molecule has 37 heavy (non-hydrogen) atoms. The first-order chi connectivity index (χ1) is 17.8. The molecule has 220 valence electrons. The summed E-state index contributed by atoms with van der Waals surface area (Å²) in [7, 11) is 5.18. The van der Waals surface area contributed by atoms with E-state index in [1.54, 1.807) is 35.5 Å². The summed E-state index contributed by atoms with van der Waals surface area (Å²) in [6, 6.07) is 0.430. The minimum absolute atomic E-state index is 0.168. The quantitative estimate of drug-likeness (QED) is 0.0919. The van der Waals surface area contributed by atoms with Crippen molar-refractivity contribution in [1.29, 1.82) is 0 Å². The average Bonchev–Trinajstić information content (AvgIpc) is 2.89. The van der Waals surface area contributed by atoms with E-state index >= 15 is 0 Å². The Morgan fingerprint density at radius 3 is 1.76 bits per heavy atom. The number of esters is 2. The smallest absolute Gasteiger partial charge is 0.463 e. The summed E-state index contributed by atoms with van der Waals surface area (Å²) in [5.74, 6) is -1.05. The molecule has 0 saturated carbocycles. The van der Waals surface area contributed by atoms with Crippen molar-refractivity contribution in [3.05, 3.63) is 0 Å². The van der Waals surface area contributed by atoms with Gasteiger partial charge in [-0.15, -0.1) is 0 Å². The number of methoxy groups -OCH3 is 2. The van der Waals surface area contributed by atoms with Gasteiger partial charge >= 0.3 is 20.7 Å². The Hall–Kier alpha value is -1.16. The van der Waals surface area contributed by atoms with Crippen LogP contribution >= 0.6 is 0 Å². The molecule has 0 aromatic carbocycles. The molecule has 2 unspecified atom stereocenters. The van der Waals surface area contributed by atoms with Gasteiger partial charge in [-0.1, -0.05) is 6.92 Å². The Morgan fingerprint density at radius 2 is 1.24 bits per heavy atom.